The van der Waals surface area contributed by atoms with E-state index in [2.05, 4.69) is 4.74 Å². The van der Waals surface area contributed by atoms with Gasteiger partial charge in [0.2, 0.25) is 0 Å². The maximum absolute atomic E-state index is 12.4. The van der Waals surface area contributed by atoms with Crippen LogP contribution in [0.5, 0.6) is 5.75 Å². The Bertz CT molecular complexity index is 895. The van der Waals surface area contributed by atoms with Crippen LogP contribution in [-0.4, -0.2) is 47.6 Å². The normalized spacial score (nSPS) is 13.9. The second-order valence-electron chi connectivity index (χ2n) is 6.25. The maximum Gasteiger partial charge on any atom is 0.337 e. The highest BCUT2D eigenvalue weighted by atomic mass is 16.5. The molecule has 136 valence electrons. The van der Waals surface area contributed by atoms with Crippen molar-refractivity contribution in [2.75, 3.05) is 20.2 Å². The van der Waals surface area contributed by atoms with E-state index in [1.54, 1.807) is 46.8 Å². The monoisotopic (exact) mass is 356 g/mol. The number of methoxy groups -OCH3 is 1. The smallest absolute Gasteiger partial charge is 0.337 e. The summed E-state index contributed by atoms with van der Waals surface area (Å²) in [6, 6.07) is 9.59. The Morgan fingerprint density at radius 2 is 1.69 bits per heavy atom. The predicted octanol–water partition coefficient (Wildman–Crippen LogP) is 1.38. The Kier molecular flexibility index (Phi) is 4.79. The summed E-state index contributed by atoms with van der Waals surface area (Å²) in [7, 11) is 3.02. The van der Waals surface area contributed by atoms with Crippen LogP contribution < -0.4 is 10.3 Å². The van der Waals surface area contributed by atoms with E-state index in [0.717, 1.165) is 5.69 Å². The Balaban J connectivity index is 1.58. The molecule has 7 nitrogen and oxygen atoms in total. The van der Waals surface area contributed by atoms with E-state index in [9.17, 15) is 14.4 Å². The highest BCUT2D eigenvalue weighted by molar-refractivity contribution is 5.96. The zero-order valence-electron chi connectivity index (χ0n) is 14.9. The summed E-state index contributed by atoms with van der Waals surface area (Å²) in [5.74, 6) is -0.0442. The van der Waals surface area contributed by atoms with Crippen LogP contribution in [0, 0.1) is 6.92 Å². The van der Waals surface area contributed by atoms with Gasteiger partial charge in [-0.15, -0.1) is 0 Å². The van der Waals surface area contributed by atoms with Crippen molar-refractivity contribution in [2.24, 2.45) is 7.05 Å². The van der Waals surface area contributed by atoms with Gasteiger partial charge in [-0.25, -0.2) is 4.79 Å². The number of carbonyl (C=O) groups excluding carboxylic acids is 2. The Hall–Kier alpha value is -3.09. The number of nitrogens with zero attached hydrogens (tertiary/aromatic N) is 2. The van der Waals surface area contributed by atoms with Gasteiger partial charge in [-0.3, -0.25) is 9.59 Å². The molecule has 7 heteroatoms. The first-order valence-corrected chi connectivity index (χ1v) is 8.21. The molecule has 0 aliphatic carbocycles. The third-order valence-corrected chi connectivity index (χ3v) is 4.47. The second kappa shape index (κ2) is 7.03. The van der Waals surface area contributed by atoms with E-state index in [1.807, 2.05) is 6.92 Å². The standard InChI is InChI=1S/C19H20N2O5/c1-12-8-15(9-17(22)20(12)2)26-16-10-21(11-16)18(23)13-4-6-14(7-5-13)19(24)25-3/h4-9,16H,10-11H2,1-3H3. The lowest BCUT2D eigenvalue weighted by Gasteiger charge is -2.39. The predicted molar refractivity (Wildman–Crippen MR) is 94.5 cm³/mol. The van der Waals surface area contributed by atoms with Crippen molar-refractivity contribution in [3.63, 3.8) is 0 Å². The highest BCUT2D eigenvalue weighted by Crippen LogP contribution is 2.20. The zero-order chi connectivity index (χ0) is 18.8. The molecule has 3 rings (SSSR count). The summed E-state index contributed by atoms with van der Waals surface area (Å²) in [5, 5.41) is 0. The minimum Gasteiger partial charge on any atom is -0.486 e. The van der Waals surface area contributed by atoms with Crippen molar-refractivity contribution in [1.29, 1.82) is 0 Å². The molecule has 1 aromatic carbocycles. The van der Waals surface area contributed by atoms with Gasteiger partial charge in [-0.05, 0) is 37.3 Å². The van der Waals surface area contributed by atoms with Crippen LogP contribution in [-0.2, 0) is 11.8 Å². The summed E-state index contributed by atoms with van der Waals surface area (Å²) >= 11 is 0. The number of pyridine rings is 1. The molecule has 0 radical (unpaired) electrons. The van der Waals surface area contributed by atoms with E-state index in [-0.39, 0.29) is 17.6 Å². The van der Waals surface area contributed by atoms with E-state index in [0.29, 0.717) is 30.0 Å². The lowest BCUT2D eigenvalue weighted by Crippen LogP contribution is -2.56. The molecule has 1 aromatic heterocycles. The SMILES string of the molecule is COC(=O)c1ccc(C(=O)N2CC(Oc3cc(C)n(C)c(=O)c3)C2)cc1. The summed E-state index contributed by atoms with van der Waals surface area (Å²) in [5.41, 5.74) is 1.58. The fourth-order valence-electron chi connectivity index (χ4n) is 2.73. The first-order valence-electron chi connectivity index (χ1n) is 8.21. The molecule has 1 saturated heterocycles. The number of rotatable bonds is 4. The van der Waals surface area contributed by atoms with Crippen molar-refractivity contribution in [2.45, 2.75) is 13.0 Å². The third-order valence-electron chi connectivity index (χ3n) is 4.47. The van der Waals surface area contributed by atoms with Crippen LogP contribution in [0.25, 0.3) is 0 Å². The average Bonchev–Trinajstić information content (AvgIpc) is 2.61. The quantitative estimate of drug-likeness (QED) is 0.774. The van der Waals surface area contributed by atoms with Gasteiger partial charge in [0.15, 0.2) is 0 Å². The third kappa shape index (κ3) is 3.46. The maximum atomic E-state index is 12.4. The fraction of sp³-hybridized carbons (Fsp3) is 0.316. The first-order chi connectivity index (χ1) is 12.4. The largest absolute Gasteiger partial charge is 0.486 e. The molecular weight excluding hydrogens is 336 g/mol. The van der Waals surface area contributed by atoms with Gasteiger partial charge in [-0.1, -0.05) is 0 Å². The second-order valence-corrected chi connectivity index (χ2v) is 6.25. The van der Waals surface area contributed by atoms with Crippen molar-refractivity contribution in [3.05, 3.63) is 63.6 Å². The van der Waals surface area contributed by atoms with Gasteiger partial charge in [0, 0.05) is 24.4 Å². The molecule has 0 bridgehead atoms. The summed E-state index contributed by atoms with van der Waals surface area (Å²) in [6.07, 6.45) is -0.139. The van der Waals surface area contributed by atoms with Crippen LogP contribution in [0.4, 0.5) is 0 Å². The molecule has 0 spiro atoms. The number of likely N-dealkylation sites (tertiary alicyclic amines) is 1. The van der Waals surface area contributed by atoms with Crippen LogP contribution in [0.3, 0.4) is 0 Å². The van der Waals surface area contributed by atoms with Crippen molar-refractivity contribution in [1.82, 2.24) is 9.47 Å². The van der Waals surface area contributed by atoms with Gasteiger partial charge in [0.1, 0.15) is 11.9 Å². The van der Waals surface area contributed by atoms with Crippen LogP contribution >= 0.6 is 0 Å². The molecule has 1 aliphatic rings. The van der Waals surface area contributed by atoms with E-state index in [4.69, 9.17) is 4.74 Å². The highest BCUT2D eigenvalue weighted by Gasteiger charge is 2.33. The number of esters is 1. The van der Waals surface area contributed by atoms with Crippen molar-refractivity contribution >= 4 is 11.9 Å². The van der Waals surface area contributed by atoms with Gasteiger partial charge in [0.05, 0.1) is 25.8 Å². The lowest BCUT2D eigenvalue weighted by molar-refractivity contribution is 0.0176. The van der Waals surface area contributed by atoms with Crippen molar-refractivity contribution < 1.29 is 19.1 Å². The van der Waals surface area contributed by atoms with E-state index in [1.165, 1.54) is 13.2 Å². The Labute approximate surface area is 150 Å². The molecular formula is C19H20N2O5. The summed E-state index contributed by atoms with van der Waals surface area (Å²) in [4.78, 5) is 37.3. The van der Waals surface area contributed by atoms with E-state index >= 15 is 0 Å². The van der Waals surface area contributed by atoms with Crippen LogP contribution in [0.15, 0.2) is 41.2 Å². The number of aryl methyl sites for hydroxylation is 1. The molecule has 0 atom stereocenters. The molecule has 0 saturated carbocycles. The number of benzene rings is 1. The number of carbonyl (C=O) groups is 2. The van der Waals surface area contributed by atoms with Crippen molar-refractivity contribution in [3.8, 4) is 5.75 Å². The molecule has 0 unspecified atom stereocenters. The minimum atomic E-state index is -0.439. The molecule has 0 N–H and O–H groups in total. The number of hydrogen-bond donors (Lipinski definition) is 0. The molecule has 2 aromatic rings. The molecule has 1 amide bonds. The first kappa shape index (κ1) is 17.7. The van der Waals surface area contributed by atoms with Gasteiger partial charge >= 0.3 is 5.97 Å². The summed E-state index contributed by atoms with van der Waals surface area (Å²) < 4.78 is 12.0. The molecule has 2 heterocycles. The van der Waals surface area contributed by atoms with Crippen LogP contribution in [0.1, 0.15) is 26.4 Å². The topological polar surface area (TPSA) is 77.8 Å². The number of ether oxygens (including phenoxy) is 2. The number of amides is 1. The average molecular weight is 356 g/mol. The van der Waals surface area contributed by atoms with E-state index < -0.39 is 5.97 Å². The molecule has 1 aliphatic heterocycles. The zero-order valence-corrected chi connectivity index (χ0v) is 14.9. The number of aromatic nitrogens is 1. The lowest BCUT2D eigenvalue weighted by atomic mass is 10.1. The van der Waals surface area contributed by atoms with Gasteiger partial charge < -0.3 is 18.9 Å². The van der Waals surface area contributed by atoms with Crippen LogP contribution in [0.2, 0.25) is 0 Å². The minimum absolute atomic E-state index is 0.124. The summed E-state index contributed by atoms with van der Waals surface area (Å²) in [6.45, 7) is 2.74. The Morgan fingerprint density at radius 3 is 2.27 bits per heavy atom. The molecule has 1 fully saturated rings. The Morgan fingerprint density at radius 1 is 1.08 bits per heavy atom. The van der Waals surface area contributed by atoms with Gasteiger partial charge in [0.25, 0.3) is 11.5 Å². The number of hydrogen-bond acceptors (Lipinski definition) is 5. The van der Waals surface area contributed by atoms with Gasteiger partial charge in [-0.2, -0.15) is 0 Å². The molecule has 26 heavy (non-hydrogen) atoms. The fourth-order valence-corrected chi connectivity index (χ4v) is 2.73.